The molecule has 0 saturated heterocycles. The number of nitrogens with one attached hydrogen (secondary N) is 1. The lowest BCUT2D eigenvalue weighted by Gasteiger charge is -2.24. The Labute approximate surface area is 109 Å². The fraction of sp³-hybridized carbons (Fsp3) is 0.538. The Morgan fingerprint density at radius 3 is 2.39 bits per heavy atom. The Balaban J connectivity index is 2.14. The van der Waals surface area contributed by atoms with Gasteiger partial charge in [0.15, 0.2) is 0 Å². The number of benzene rings is 1. The van der Waals surface area contributed by atoms with E-state index in [1.54, 1.807) is 6.07 Å². The van der Waals surface area contributed by atoms with Crippen molar-refractivity contribution in [3.05, 3.63) is 28.8 Å². The zero-order valence-electron chi connectivity index (χ0n) is 9.86. The standard InChI is InChI=1S/C13H15ClF3N/c14-12-7-6-10(8-11(12)13(15,16)17)18-9-4-2-1-3-5-9/h6-9,18H,1-5H2. The van der Waals surface area contributed by atoms with Gasteiger partial charge in [0.2, 0.25) is 0 Å². The van der Waals surface area contributed by atoms with Crippen molar-refractivity contribution in [1.82, 2.24) is 0 Å². The van der Waals surface area contributed by atoms with E-state index in [0.717, 1.165) is 31.7 Å². The predicted octanol–water partition coefficient (Wildman–Crippen LogP) is 5.10. The first-order valence-corrected chi connectivity index (χ1v) is 6.48. The lowest BCUT2D eigenvalue weighted by atomic mass is 9.95. The van der Waals surface area contributed by atoms with E-state index < -0.39 is 11.7 Å². The molecule has 1 aliphatic carbocycles. The highest BCUT2D eigenvalue weighted by Gasteiger charge is 2.33. The smallest absolute Gasteiger partial charge is 0.382 e. The summed E-state index contributed by atoms with van der Waals surface area (Å²) < 4.78 is 38.1. The molecule has 0 aliphatic heterocycles. The van der Waals surface area contributed by atoms with Crippen molar-refractivity contribution >= 4 is 17.3 Å². The molecule has 1 aromatic carbocycles. The van der Waals surface area contributed by atoms with E-state index in [1.165, 1.54) is 12.5 Å². The Bertz CT molecular complexity index is 411. The molecule has 0 unspecified atom stereocenters. The van der Waals surface area contributed by atoms with Gasteiger partial charge in [-0.15, -0.1) is 0 Å². The van der Waals surface area contributed by atoms with Crippen molar-refractivity contribution in [1.29, 1.82) is 0 Å². The Morgan fingerprint density at radius 1 is 1.11 bits per heavy atom. The van der Waals surface area contributed by atoms with Crippen LogP contribution in [0.5, 0.6) is 0 Å². The van der Waals surface area contributed by atoms with Crippen LogP contribution in [0.2, 0.25) is 5.02 Å². The zero-order chi connectivity index (χ0) is 13.2. The summed E-state index contributed by atoms with van der Waals surface area (Å²) in [6.07, 6.45) is 1.12. The van der Waals surface area contributed by atoms with Crippen LogP contribution in [0.25, 0.3) is 0 Å². The third-order valence-corrected chi connectivity index (χ3v) is 3.58. The second-order valence-electron chi connectivity index (χ2n) is 4.67. The fourth-order valence-electron chi connectivity index (χ4n) is 2.31. The van der Waals surface area contributed by atoms with Gasteiger partial charge in [-0.3, -0.25) is 0 Å². The van der Waals surface area contributed by atoms with Crippen LogP contribution in [0, 0.1) is 0 Å². The van der Waals surface area contributed by atoms with E-state index >= 15 is 0 Å². The van der Waals surface area contributed by atoms with E-state index in [9.17, 15) is 13.2 Å². The molecule has 1 aliphatic rings. The van der Waals surface area contributed by atoms with Crippen molar-refractivity contribution < 1.29 is 13.2 Å². The van der Waals surface area contributed by atoms with Crippen LogP contribution < -0.4 is 5.32 Å². The molecule has 0 aromatic heterocycles. The van der Waals surface area contributed by atoms with Gasteiger partial charge in [0, 0.05) is 11.7 Å². The maximum Gasteiger partial charge on any atom is 0.417 e. The van der Waals surface area contributed by atoms with E-state index in [1.807, 2.05) is 0 Å². The summed E-state index contributed by atoms with van der Waals surface area (Å²) in [6, 6.07) is 4.28. The summed E-state index contributed by atoms with van der Waals surface area (Å²) in [5.41, 5.74) is -0.274. The van der Waals surface area contributed by atoms with Gasteiger partial charge in [-0.2, -0.15) is 13.2 Å². The molecule has 1 nitrogen and oxygen atoms in total. The van der Waals surface area contributed by atoms with Crippen LogP contribution >= 0.6 is 11.6 Å². The van der Waals surface area contributed by atoms with Gasteiger partial charge in [0.05, 0.1) is 10.6 Å². The normalized spacial score (nSPS) is 17.8. The molecule has 0 heterocycles. The molecule has 0 amide bonds. The molecule has 0 spiro atoms. The van der Waals surface area contributed by atoms with Crippen molar-refractivity contribution in [3.8, 4) is 0 Å². The third kappa shape index (κ3) is 3.31. The monoisotopic (exact) mass is 277 g/mol. The first-order chi connectivity index (χ1) is 8.47. The Kier molecular flexibility index (Phi) is 4.05. The quantitative estimate of drug-likeness (QED) is 0.793. The number of anilines is 1. The first kappa shape index (κ1) is 13.5. The average Bonchev–Trinajstić information content (AvgIpc) is 2.31. The minimum Gasteiger partial charge on any atom is -0.382 e. The zero-order valence-corrected chi connectivity index (χ0v) is 10.6. The highest BCUT2D eigenvalue weighted by Crippen LogP contribution is 2.36. The van der Waals surface area contributed by atoms with Crippen molar-refractivity contribution in [2.45, 2.75) is 44.3 Å². The molecule has 2 rings (SSSR count). The molecular weight excluding hydrogens is 263 g/mol. The summed E-state index contributed by atoms with van der Waals surface area (Å²) in [5.74, 6) is 0. The van der Waals surface area contributed by atoms with Gasteiger partial charge in [-0.05, 0) is 31.0 Å². The molecule has 0 bridgehead atoms. The molecule has 0 radical (unpaired) electrons. The molecule has 1 saturated carbocycles. The van der Waals surface area contributed by atoms with Crippen LogP contribution in [-0.2, 0) is 6.18 Å². The summed E-state index contributed by atoms with van der Waals surface area (Å²) in [7, 11) is 0. The maximum absolute atomic E-state index is 12.7. The minimum absolute atomic E-state index is 0.253. The molecule has 0 atom stereocenters. The lowest BCUT2D eigenvalue weighted by molar-refractivity contribution is -0.137. The molecule has 5 heteroatoms. The van der Waals surface area contributed by atoms with Gasteiger partial charge in [-0.25, -0.2) is 0 Å². The Morgan fingerprint density at radius 2 is 1.78 bits per heavy atom. The van der Waals surface area contributed by atoms with Crippen molar-refractivity contribution in [3.63, 3.8) is 0 Å². The largest absolute Gasteiger partial charge is 0.417 e. The predicted molar refractivity (Wildman–Crippen MR) is 66.9 cm³/mol. The molecule has 1 N–H and O–H groups in total. The number of rotatable bonds is 2. The van der Waals surface area contributed by atoms with E-state index in [0.29, 0.717) is 5.69 Å². The minimum atomic E-state index is -4.40. The van der Waals surface area contributed by atoms with Crippen molar-refractivity contribution in [2.24, 2.45) is 0 Å². The van der Waals surface area contributed by atoms with Crippen LogP contribution in [0.1, 0.15) is 37.7 Å². The van der Waals surface area contributed by atoms with E-state index in [2.05, 4.69) is 5.32 Å². The topological polar surface area (TPSA) is 12.0 Å². The molecule has 1 fully saturated rings. The Hall–Kier alpha value is -0.900. The lowest BCUT2D eigenvalue weighted by Crippen LogP contribution is -2.22. The summed E-state index contributed by atoms with van der Waals surface area (Å²) in [6.45, 7) is 0. The summed E-state index contributed by atoms with van der Waals surface area (Å²) in [4.78, 5) is 0. The summed E-state index contributed by atoms with van der Waals surface area (Å²) >= 11 is 5.58. The number of alkyl halides is 3. The highest BCUT2D eigenvalue weighted by atomic mass is 35.5. The fourth-order valence-corrected chi connectivity index (χ4v) is 2.54. The highest BCUT2D eigenvalue weighted by molar-refractivity contribution is 6.31. The maximum atomic E-state index is 12.7. The van der Waals surface area contributed by atoms with Gasteiger partial charge < -0.3 is 5.32 Å². The number of hydrogen-bond acceptors (Lipinski definition) is 1. The van der Waals surface area contributed by atoms with E-state index in [-0.39, 0.29) is 11.1 Å². The van der Waals surface area contributed by atoms with Crippen LogP contribution in [0.15, 0.2) is 18.2 Å². The number of halogens is 4. The van der Waals surface area contributed by atoms with Gasteiger partial charge >= 0.3 is 6.18 Å². The van der Waals surface area contributed by atoms with Crippen LogP contribution in [-0.4, -0.2) is 6.04 Å². The van der Waals surface area contributed by atoms with Gasteiger partial charge in [0.1, 0.15) is 0 Å². The van der Waals surface area contributed by atoms with Gasteiger partial charge in [0.25, 0.3) is 0 Å². The second kappa shape index (κ2) is 5.39. The third-order valence-electron chi connectivity index (χ3n) is 3.25. The average molecular weight is 278 g/mol. The molecule has 1 aromatic rings. The SMILES string of the molecule is FC(F)(F)c1cc(NC2CCCCC2)ccc1Cl. The number of hydrogen-bond donors (Lipinski definition) is 1. The first-order valence-electron chi connectivity index (χ1n) is 6.10. The van der Waals surface area contributed by atoms with E-state index in [4.69, 9.17) is 11.6 Å². The van der Waals surface area contributed by atoms with Gasteiger partial charge in [-0.1, -0.05) is 30.9 Å². The van der Waals surface area contributed by atoms with Crippen LogP contribution in [0.3, 0.4) is 0 Å². The van der Waals surface area contributed by atoms with Crippen LogP contribution in [0.4, 0.5) is 18.9 Å². The summed E-state index contributed by atoms with van der Waals surface area (Å²) in [5, 5.41) is 2.91. The molecule has 18 heavy (non-hydrogen) atoms. The molecule has 100 valence electrons. The molecular formula is C13H15ClF3N. The second-order valence-corrected chi connectivity index (χ2v) is 5.08. The van der Waals surface area contributed by atoms with Crippen molar-refractivity contribution in [2.75, 3.05) is 5.32 Å².